The van der Waals surface area contributed by atoms with Crippen molar-refractivity contribution in [1.82, 2.24) is 0 Å². The zero-order valence-electron chi connectivity index (χ0n) is 13.1. The molecule has 120 valence electrons. The minimum atomic E-state index is -3.36. The van der Waals surface area contributed by atoms with E-state index in [0.29, 0.717) is 19.8 Å². The van der Waals surface area contributed by atoms with Crippen molar-refractivity contribution in [2.75, 3.05) is 26.0 Å². The lowest BCUT2D eigenvalue weighted by atomic mass is 10.4. The highest BCUT2D eigenvalue weighted by atomic mass is 31.2. The van der Waals surface area contributed by atoms with E-state index in [1.807, 2.05) is 20.8 Å². The van der Waals surface area contributed by atoms with E-state index in [0.717, 1.165) is 38.5 Å². The van der Waals surface area contributed by atoms with E-state index < -0.39 is 13.6 Å². The first kappa shape index (κ1) is 19.6. The van der Waals surface area contributed by atoms with Crippen molar-refractivity contribution in [3.05, 3.63) is 0 Å². The number of hydrogen-bond acceptors (Lipinski definition) is 5. The smallest absolute Gasteiger partial charge is 0.341 e. The third-order valence-corrected chi connectivity index (χ3v) is 4.45. The fraction of sp³-hybridized carbons (Fsp3) is 0.929. The molecule has 20 heavy (non-hydrogen) atoms. The van der Waals surface area contributed by atoms with E-state index in [9.17, 15) is 9.36 Å². The molecule has 0 aliphatic rings. The van der Waals surface area contributed by atoms with Crippen molar-refractivity contribution < 1.29 is 23.1 Å². The summed E-state index contributed by atoms with van der Waals surface area (Å²) in [5, 5.41) is 0. The predicted molar refractivity (Wildman–Crippen MR) is 80.1 cm³/mol. The molecular weight excluding hydrogens is 279 g/mol. The van der Waals surface area contributed by atoms with Gasteiger partial charge in [-0.25, -0.2) is 0 Å². The van der Waals surface area contributed by atoms with Gasteiger partial charge in [0.2, 0.25) is 0 Å². The zero-order chi connectivity index (χ0) is 15.3. The Morgan fingerprint density at radius 1 is 0.850 bits per heavy atom. The van der Waals surface area contributed by atoms with E-state index in [4.69, 9.17) is 13.8 Å². The first-order chi connectivity index (χ1) is 9.58. The zero-order valence-corrected chi connectivity index (χ0v) is 14.0. The van der Waals surface area contributed by atoms with Crippen LogP contribution in [0.25, 0.3) is 0 Å². The Labute approximate surface area is 122 Å². The first-order valence-electron chi connectivity index (χ1n) is 7.61. The molecule has 0 heterocycles. The summed E-state index contributed by atoms with van der Waals surface area (Å²) in [5.41, 5.74) is 0. The highest BCUT2D eigenvalue weighted by molar-refractivity contribution is 7.54. The molecule has 0 aromatic rings. The summed E-state index contributed by atoms with van der Waals surface area (Å²) in [7, 11) is -3.36. The standard InChI is InChI=1S/C14H29O5P/c1-4-7-10-17-14(15)13-20(16,18-11-8-5-2)19-12-9-6-3/h4-13H2,1-3H3. The average Bonchev–Trinajstić information content (AvgIpc) is 2.39. The van der Waals surface area contributed by atoms with Gasteiger partial charge in [-0.1, -0.05) is 40.0 Å². The second-order valence-corrected chi connectivity index (χ2v) is 6.77. The minimum Gasteiger partial charge on any atom is -0.465 e. The monoisotopic (exact) mass is 308 g/mol. The Hall–Kier alpha value is -0.380. The van der Waals surface area contributed by atoms with Crippen LogP contribution in [-0.2, 0) is 23.1 Å². The van der Waals surface area contributed by atoms with E-state index in [2.05, 4.69) is 0 Å². The van der Waals surface area contributed by atoms with Crippen molar-refractivity contribution in [1.29, 1.82) is 0 Å². The van der Waals surface area contributed by atoms with Crippen LogP contribution in [0, 0.1) is 0 Å². The van der Waals surface area contributed by atoms with Crippen LogP contribution < -0.4 is 0 Å². The lowest BCUT2D eigenvalue weighted by molar-refractivity contribution is -0.140. The molecule has 0 radical (unpaired) electrons. The third kappa shape index (κ3) is 10.4. The molecule has 0 saturated heterocycles. The summed E-state index contributed by atoms with van der Waals surface area (Å²) in [6.45, 7) is 7.11. The van der Waals surface area contributed by atoms with E-state index in [1.54, 1.807) is 0 Å². The van der Waals surface area contributed by atoms with Crippen LogP contribution in [0.3, 0.4) is 0 Å². The summed E-state index contributed by atoms with van der Waals surface area (Å²) in [6, 6.07) is 0. The molecule has 0 atom stereocenters. The number of hydrogen-bond donors (Lipinski definition) is 0. The maximum Gasteiger partial charge on any atom is 0.341 e. The highest BCUT2D eigenvalue weighted by Crippen LogP contribution is 2.48. The van der Waals surface area contributed by atoms with Crippen LogP contribution >= 0.6 is 7.60 Å². The maximum absolute atomic E-state index is 12.5. The third-order valence-electron chi connectivity index (χ3n) is 2.66. The summed E-state index contributed by atoms with van der Waals surface area (Å²) < 4.78 is 28.1. The number of carbonyl (C=O) groups is 1. The van der Waals surface area contributed by atoms with Crippen LogP contribution in [-0.4, -0.2) is 32.0 Å². The fourth-order valence-electron chi connectivity index (χ4n) is 1.36. The predicted octanol–water partition coefficient (Wildman–Crippen LogP) is 4.16. The van der Waals surface area contributed by atoms with Crippen molar-refractivity contribution in [3.63, 3.8) is 0 Å². The van der Waals surface area contributed by atoms with Crippen LogP contribution in [0.15, 0.2) is 0 Å². The average molecular weight is 308 g/mol. The molecule has 0 saturated carbocycles. The largest absolute Gasteiger partial charge is 0.465 e. The van der Waals surface area contributed by atoms with Gasteiger partial charge in [0.25, 0.3) is 0 Å². The molecule has 0 aliphatic heterocycles. The number of ether oxygens (including phenoxy) is 1. The van der Waals surface area contributed by atoms with Gasteiger partial charge in [0.15, 0.2) is 0 Å². The Morgan fingerprint density at radius 3 is 1.75 bits per heavy atom. The number of unbranched alkanes of at least 4 members (excludes halogenated alkanes) is 3. The normalized spacial score (nSPS) is 11.6. The highest BCUT2D eigenvalue weighted by Gasteiger charge is 2.29. The summed E-state index contributed by atoms with van der Waals surface area (Å²) >= 11 is 0. The van der Waals surface area contributed by atoms with Crippen LogP contribution in [0.5, 0.6) is 0 Å². The van der Waals surface area contributed by atoms with Crippen LogP contribution in [0.4, 0.5) is 0 Å². The van der Waals surface area contributed by atoms with Crippen molar-refractivity contribution in [2.45, 2.75) is 59.3 Å². The van der Waals surface area contributed by atoms with Gasteiger partial charge in [-0.3, -0.25) is 9.36 Å². The summed E-state index contributed by atoms with van der Waals surface area (Å²) in [5.74, 6) is -0.505. The Kier molecular flexibility index (Phi) is 12.1. The lowest BCUT2D eigenvalue weighted by Crippen LogP contribution is -2.14. The summed E-state index contributed by atoms with van der Waals surface area (Å²) in [4.78, 5) is 11.6. The maximum atomic E-state index is 12.5. The Bertz CT molecular complexity index is 279. The van der Waals surface area contributed by atoms with Gasteiger partial charge < -0.3 is 13.8 Å². The SMILES string of the molecule is CCCCOC(=O)CP(=O)(OCCCC)OCCCC. The second-order valence-electron chi connectivity index (χ2n) is 4.72. The Balaban J connectivity index is 4.27. The second kappa shape index (κ2) is 12.4. The van der Waals surface area contributed by atoms with Gasteiger partial charge in [0, 0.05) is 0 Å². The molecular formula is C14H29O5P. The van der Waals surface area contributed by atoms with Crippen molar-refractivity contribution in [3.8, 4) is 0 Å². The fourth-order valence-corrected chi connectivity index (χ4v) is 2.84. The molecule has 0 aliphatic carbocycles. The van der Waals surface area contributed by atoms with Crippen LogP contribution in [0.1, 0.15) is 59.3 Å². The van der Waals surface area contributed by atoms with Gasteiger partial charge in [-0.05, 0) is 19.3 Å². The molecule has 0 aromatic carbocycles. The molecule has 5 nitrogen and oxygen atoms in total. The van der Waals surface area contributed by atoms with E-state index in [-0.39, 0.29) is 6.16 Å². The van der Waals surface area contributed by atoms with Crippen LogP contribution in [0.2, 0.25) is 0 Å². The van der Waals surface area contributed by atoms with Crippen molar-refractivity contribution >= 4 is 13.6 Å². The molecule has 0 N–H and O–H groups in total. The van der Waals surface area contributed by atoms with Gasteiger partial charge in [0.05, 0.1) is 19.8 Å². The van der Waals surface area contributed by atoms with Gasteiger partial charge in [-0.15, -0.1) is 0 Å². The topological polar surface area (TPSA) is 61.8 Å². The molecule has 0 spiro atoms. The number of esters is 1. The van der Waals surface area contributed by atoms with Crippen molar-refractivity contribution in [2.24, 2.45) is 0 Å². The van der Waals surface area contributed by atoms with Gasteiger partial charge in [-0.2, -0.15) is 0 Å². The van der Waals surface area contributed by atoms with E-state index >= 15 is 0 Å². The first-order valence-corrected chi connectivity index (χ1v) is 9.34. The molecule has 0 amide bonds. The molecule has 6 heteroatoms. The summed E-state index contributed by atoms with van der Waals surface area (Å²) in [6.07, 6.45) is 4.95. The number of carbonyl (C=O) groups excluding carboxylic acids is 1. The number of rotatable bonds is 13. The quantitative estimate of drug-likeness (QED) is 0.290. The van der Waals surface area contributed by atoms with Gasteiger partial charge >= 0.3 is 13.6 Å². The lowest BCUT2D eigenvalue weighted by Gasteiger charge is -2.17. The molecule has 0 bridgehead atoms. The van der Waals surface area contributed by atoms with E-state index in [1.165, 1.54) is 0 Å². The minimum absolute atomic E-state index is 0.288. The molecule has 0 rings (SSSR count). The molecule has 0 unspecified atom stereocenters. The Morgan fingerprint density at radius 2 is 1.30 bits per heavy atom. The molecule has 0 aromatic heterocycles. The van der Waals surface area contributed by atoms with Gasteiger partial charge in [0.1, 0.15) is 6.16 Å². The molecule has 0 fully saturated rings.